The number of nitrogens with one attached hydrogen (secondary N) is 3. The van der Waals surface area contributed by atoms with Gasteiger partial charge in [0.15, 0.2) is 11.6 Å². The number of fused-ring (bicyclic) bond motifs is 4. The van der Waals surface area contributed by atoms with Crippen LogP contribution in [0.5, 0.6) is 0 Å². The molecule has 206 valence electrons. The lowest BCUT2D eigenvalue weighted by Crippen LogP contribution is -2.22. The molecule has 1 aliphatic rings. The van der Waals surface area contributed by atoms with Crippen LogP contribution in [0.1, 0.15) is 43.6 Å². The number of carbonyl (C=O) groups excluding carboxylic acids is 1. The summed E-state index contributed by atoms with van der Waals surface area (Å²) in [4.78, 5) is 28.8. The van der Waals surface area contributed by atoms with Crippen molar-refractivity contribution in [2.24, 2.45) is 5.92 Å². The number of anilines is 3. The van der Waals surface area contributed by atoms with Crippen LogP contribution in [0.2, 0.25) is 5.02 Å². The third kappa shape index (κ3) is 5.59. The van der Waals surface area contributed by atoms with E-state index in [2.05, 4.69) is 31.2 Å². The van der Waals surface area contributed by atoms with E-state index >= 15 is 0 Å². The van der Waals surface area contributed by atoms with E-state index in [1.54, 1.807) is 43.5 Å². The Morgan fingerprint density at radius 1 is 1.20 bits per heavy atom. The fourth-order valence-electron chi connectivity index (χ4n) is 4.73. The number of pyridine rings is 1. The second kappa shape index (κ2) is 11.3. The first-order chi connectivity index (χ1) is 19.2. The van der Waals surface area contributed by atoms with Gasteiger partial charge in [0.2, 0.25) is 5.91 Å². The first-order valence-corrected chi connectivity index (χ1v) is 13.1. The second-order valence-electron chi connectivity index (χ2n) is 9.69. The standard InChI is InChI=1S/C28H27ClFN7O3/c1-15-5-3-7-21(33-26-16(2)37(36-35-26)24-8-4-6-20(29)25(24)30)23-13-17(11-12-31-23)19-10-9-18(32-28(39)40)14-22(19)34-27(15)38/h4,6,8-15,21,32-33H,3,5,7H2,1-2H3,(H,34,38)(H,39,40)/t15-,21+/m1/s1. The van der Waals surface area contributed by atoms with E-state index < -0.39 is 11.9 Å². The summed E-state index contributed by atoms with van der Waals surface area (Å²) in [6.45, 7) is 3.64. The van der Waals surface area contributed by atoms with Gasteiger partial charge >= 0.3 is 6.09 Å². The van der Waals surface area contributed by atoms with Crippen LogP contribution in [0.3, 0.4) is 0 Å². The number of rotatable bonds is 4. The summed E-state index contributed by atoms with van der Waals surface area (Å²) in [7, 11) is 0. The summed E-state index contributed by atoms with van der Waals surface area (Å²) >= 11 is 5.97. The molecule has 2 bridgehead atoms. The van der Waals surface area contributed by atoms with E-state index in [1.807, 2.05) is 19.1 Å². The van der Waals surface area contributed by atoms with Crippen molar-refractivity contribution in [3.63, 3.8) is 0 Å². The zero-order chi connectivity index (χ0) is 28.4. The predicted octanol–water partition coefficient (Wildman–Crippen LogP) is 6.43. The Morgan fingerprint density at radius 3 is 2.83 bits per heavy atom. The highest BCUT2D eigenvalue weighted by Gasteiger charge is 2.23. The Labute approximate surface area is 234 Å². The molecule has 2 aromatic carbocycles. The molecule has 2 aromatic heterocycles. The third-order valence-corrected chi connectivity index (χ3v) is 7.21. The van der Waals surface area contributed by atoms with Crippen LogP contribution in [0.15, 0.2) is 54.7 Å². The van der Waals surface area contributed by atoms with Crippen molar-refractivity contribution in [3.8, 4) is 16.8 Å². The summed E-state index contributed by atoms with van der Waals surface area (Å²) in [5, 5.41) is 26.3. The lowest BCUT2D eigenvalue weighted by molar-refractivity contribution is -0.119. The van der Waals surface area contributed by atoms with Crippen LogP contribution in [0.25, 0.3) is 16.8 Å². The quantitative estimate of drug-likeness (QED) is 0.225. The molecule has 0 fully saturated rings. The number of hydrogen-bond donors (Lipinski definition) is 4. The number of amides is 2. The van der Waals surface area contributed by atoms with Crippen LogP contribution in [0, 0.1) is 18.7 Å². The molecular weight excluding hydrogens is 537 g/mol. The lowest BCUT2D eigenvalue weighted by Gasteiger charge is -2.22. The van der Waals surface area contributed by atoms with Gasteiger partial charge in [0, 0.05) is 23.4 Å². The highest BCUT2D eigenvalue weighted by Crippen LogP contribution is 2.35. The number of carboxylic acid groups (broad SMARTS) is 1. The van der Waals surface area contributed by atoms with Gasteiger partial charge in [0.05, 0.1) is 28.1 Å². The van der Waals surface area contributed by atoms with Gasteiger partial charge in [0.25, 0.3) is 0 Å². The summed E-state index contributed by atoms with van der Waals surface area (Å²) in [6.07, 6.45) is 2.47. The molecule has 12 heteroatoms. The maximum Gasteiger partial charge on any atom is 0.409 e. The third-order valence-electron chi connectivity index (χ3n) is 6.92. The fraction of sp³-hybridized carbons (Fsp3) is 0.250. The van der Waals surface area contributed by atoms with Gasteiger partial charge in [0.1, 0.15) is 5.69 Å². The molecule has 4 aromatic rings. The van der Waals surface area contributed by atoms with Crippen LogP contribution >= 0.6 is 11.6 Å². The van der Waals surface area contributed by atoms with Crippen LogP contribution in [-0.4, -0.2) is 37.1 Å². The number of hydrogen-bond acceptors (Lipinski definition) is 6. The predicted molar refractivity (Wildman–Crippen MR) is 150 cm³/mol. The van der Waals surface area contributed by atoms with Gasteiger partial charge in [-0.1, -0.05) is 42.3 Å². The Bertz CT molecular complexity index is 1590. The lowest BCUT2D eigenvalue weighted by atomic mass is 9.95. The van der Waals surface area contributed by atoms with Crippen molar-refractivity contribution in [3.05, 3.63) is 77.0 Å². The van der Waals surface area contributed by atoms with E-state index in [-0.39, 0.29) is 28.6 Å². The van der Waals surface area contributed by atoms with Crippen LogP contribution in [0.4, 0.5) is 26.4 Å². The average Bonchev–Trinajstić information content (AvgIpc) is 3.28. The van der Waals surface area contributed by atoms with Crippen molar-refractivity contribution in [2.45, 2.75) is 39.2 Å². The Kier molecular flexibility index (Phi) is 7.65. The number of benzene rings is 2. The van der Waals surface area contributed by atoms with Gasteiger partial charge in [-0.05, 0) is 61.7 Å². The minimum absolute atomic E-state index is 0.00783. The van der Waals surface area contributed by atoms with E-state index in [9.17, 15) is 14.0 Å². The molecule has 4 N–H and O–H groups in total. The summed E-state index contributed by atoms with van der Waals surface area (Å²) < 4.78 is 16.1. The van der Waals surface area contributed by atoms with E-state index in [1.165, 1.54) is 10.7 Å². The normalized spacial score (nSPS) is 17.1. The molecule has 1 aliphatic heterocycles. The number of nitrogens with zero attached hydrogens (tertiary/aromatic N) is 4. The zero-order valence-corrected chi connectivity index (χ0v) is 22.5. The fourth-order valence-corrected chi connectivity index (χ4v) is 4.90. The summed E-state index contributed by atoms with van der Waals surface area (Å²) in [6, 6.07) is 13.2. The van der Waals surface area contributed by atoms with Gasteiger partial charge < -0.3 is 15.7 Å². The van der Waals surface area contributed by atoms with Gasteiger partial charge in [-0.25, -0.2) is 13.9 Å². The molecule has 5 rings (SSSR count). The molecule has 0 aliphatic carbocycles. The van der Waals surface area contributed by atoms with Crippen LogP contribution in [-0.2, 0) is 4.79 Å². The minimum Gasteiger partial charge on any atom is -0.465 e. The number of halogens is 2. The zero-order valence-electron chi connectivity index (χ0n) is 21.8. The minimum atomic E-state index is -1.20. The molecule has 2 amide bonds. The van der Waals surface area contributed by atoms with E-state index in [0.717, 1.165) is 16.8 Å². The molecule has 40 heavy (non-hydrogen) atoms. The summed E-state index contributed by atoms with van der Waals surface area (Å²) in [5.74, 6) is -0.560. The van der Waals surface area contributed by atoms with Gasteiger partial charge in [-0.3, -0.25) is 15.1 Å². The highest BCUT2D eigenvalue weighted by atomic mass is 35.5. The van der Waals surface area contributed by atoms with Crippen molar-refractivity contribution in [1.29, 1.82) is 0 Å². The van der Waals surface area contributed by atoms with Gasteiger partial charge in [-0.15, -0.1) is 5.10 Å². The smallest absolute Gasteiger partial charge is 0.409 e. The number of aromatic nitrogens is 4. The molecular formula is C28H27ClFN7O3. The molecule has 0 saturated carbocycles. The molecule has 10 nitrogen and oxygen atoms in total. The molecule has 3 heterocycles. The van der Waals surface area contributed by atoms with Crippen molar-refractivity contribution < 1.29 is 19.1 Å². The molecule has 0 spiro atoms. The number of carbonyl (C=O) groups is 2. The first-order valence-electron chi connectivity index (χ1n) is 12.8. The molecule has 0 unspecified atom stereocenters. The van der Waals surface area contributed by atoms with Crippen molar-refractivity contribution >= 4 is 40.8 Å². The Hall–Kier alpha value is -4.51. The second-order valence-corrected chi connectivity index (χ2v) is 10.1. The molecule has 2 atom stereocenters. The topological polar surface area (TPSA) is 134 Å². The highest BCUT2D eigenvalue weighted by molar-refractivity contribution is 6.30. The van der Waals surface area contributed by atoms with Crippen LogP contribution < -0.4 is 16.0 Å². The Balaban J connectivity index is 1.52. The Morgan fingerprint density at radius 2 is 2.02 bits per heavy atom. The monoisotopic (exact) mass is 563 g/mol. The summed E-state index contributed by atoms with van der Waals surface area (Å²) in [5.41, 5.74) is 3.89. The maximum atomic E-state index is 14.7. The molecule has 0 saturated heterocycles. The largest absolute Gasteiger partial charge is 0.465 e. The van der Waals surface area contributed by atoms with Crippen molar-refractivity contribution in [2.75, 3.05) is 16.0 Å². The van der Waals surface area contributed by atoms with E-state index in [0.29, 0.717) is 42.1 Å². The van der Waals surface area contributed by atoms with E-state index in [4.69, 9.17) is 16.7 Å². The van der Waals surface area contributed by atoms with Crippen molar-refractivity contribution in [1.82, 2.24) is 20.0 Å². The first kappa shape index (κ1) is 27.1. The average molecular weight is 564 g/mol. The maximum absolute atomic E-state index is 14.7. The van der Waals surface area contributed by atoms with Gasteiger partial charge in [-0.2, -0.15) is 0 Å². The molecule has 0 radical (unpaired) electrons. The SMILES string of the molecule is Cc1c(N[C@H]2CCC[C@@H](C)C(=O)Nc3cc(NC(=O)O)ccc3-c3ccnc2c3)nnn1-c1cccc(Cl)c1F.